The molecule has 0 unspecified atom stereocenters. The van der Waals surface area contributed by atoms with Crippen molar-refractivity contribution in [3.05, 3.63) is 41.3 Å². The van der Waals surface area contributed by atoms with Gasteiger partial charge in [0.25, 0.3) is 0 Å². The maximum atomic E-state index is 13.1. The fourth-order valence-corrected chi connectivity index (χ4v) is 2.34. The van der Waals surface area contributed by atoms with Gasteiger partial charge in [-0.15, -0.1) is 0 Å². The second kappa shape index (κ2) is 6.02. The lowest BCUT2D eigenvalue weighted by Gasteiger charge is -2.06. The van der Waals surface area contributed by atoms with E-state index in [0.29, 0.717) is 16.0 Å². The summed E-state index contributed by atoms with van der Waals surface area (Å²) in [6.07, 6.45) is 1.54. The van der Waals surface area contributed by atoms with Crippen molar-refractivity contribution in [3.8, 4) is 0 Å². The van der Waals surface area contributed by atoms with Crippen molar-refractivity contribution >= 4 is 29.3 Å². The van der Waals surface area contributed by atoms with Crippen molar-refractivity contribution in [1.82, 2.24) is 9.97 Å². The van der Waals surface area contributed by atoms with Crippen molar-refractivity contribution < 1.29 is 4.39 Å². The van der Waals surface area contributed by atoms with Crippen LogP contribution in [-0.2, 0) is 0 Å². The van der Waals surface area contributed by atoms with Crippen LogP contribution in [0.15, 0.2) is 40.4 Å². The van der Waals surface area contributed by atoms with Crippen LogP contribution >= 0.6 is 23.4 Å². The lowest BCUT2D eigenvalue weighted by molar-refractivity contribution is 0.624. The van der Waals surface area contributed by atoms with Crippen LogP contribution in [0, 0.1) is 5.82 Å². The van der Waals surface area contributed by atoms with Gasteiger partial charge >= 0.3 is 0 Å². The molecule has 0 spiro atoms. The molecule has 0 saturated heterocycles. The largest absolute Gasteiger partial charge is 0.354 e. The third-order valence-corrected chi connectivity index (χ3v) is 3.44. The Bertz CT molecular complexity index is 551. The number of halogens is 2. The summed E-state index contributed by atoms with van der Waals surface area (Å²) < 4.78 is 13.1. The van der Waals surface area contributed by atoms with Gasteiger partial charge in [-0.3, -0.25) is 0 Å². The van der Waals surface area contributed by atoms with Gasteiger partial charge in [0, 0.05) is 11.4 Å². The predicted molar refractivity (Wildman–Crippen MR) is 71.7 cm³/mol. The molecule has 0 fully saturated rings. The first-order valence-corrected chi connectivity index (χ1v) is 6.58. The van der Waals surface area contributed by atoms with Crippen LogP contribution in [-0.4, -0.2) is 16.5 Å². The van der Waals surface area contributed by atoms with E-state index in [1.165, 1.54) is 30.1 Å². The zero-order valence-corrected chi connectivity index (χ0v) is 11.2. The zero-order valence-electron chi connectivity index (χ0n) is 9.65. The predicted octanol–water partition coefficient (Wildman–Crippen LogP) is 3.85. The molecule has 1 heterocycles. The molecule has 0 saturated carbocycles. The molecule has 0 aliphatic carbocycles. The Morgan fingerprint density at radius 2 is 2.28 bits per heavy atom. The third kappa shape index (κ3) is 3.34. The molecule has 2 aromatic rings. The lowest BCUT2D eigenvalue weighted by Crippen LogP contribution is -2.02. The molecule has 0 radical (unpaired) electrons. The van der Waals surface area contributed by atoms with Gasteiger partial charge in [-0.25, -0.2) is 14.4 Å². The molecule has 18 heavy (non-hydrogen) atoms. The fourth-order valence-electron chi connectivity index (χ4n) is 1.31. The Balaban J connectivity index is 2.25. The van der Waals surface area contributed by atoms with E-state index in [9.17, 15) is 4.39 Å². The van der Waals surface area contributed by atoms with E-state index in [2.05, 4.69) is 15.3 Å². The Morgan fingerprint density at radius 1 is 1.44 bits per heavy atom. The van der Waals surface area contributed by atoms with Crippen LogP contribution in [0.1, 0.15) is 6.92 Å². The summed E-state index contributed by atoms with van der Waals surface area (Å²) >= 11 is 7.32. The summed E-state index contributed by atoms with van der Waals surface area (Å²) in [6.45, 7) is 2.68. The van der Waals surface area contributed by atoms with Crippen LogP contribution in [0.5, 0.6) is 0 Å². The van der Waals surface area contributed by atoms with E-state index in [-0.39, 0.29) is 5.82 Å². The third-order valence-electron chi connectivity index (χ3n) is 2.06. The van der Waals surface area contributed by atoms with Crippen LogP contribution in [0.3, 0.4) is 0 Å². The summed E-state index contributed by atoms with van der Waals surface area (Å²) in [4.78, 5) is 9.07. The highest BCUT2D eigenvalue weighted by Crippen LogP contribution is 2.31. The van der Waals surface area contributed by atoms with Gasteiger partial charge < -0.3 is 5.32 Å². The minimum Gasteiger partial charge on any atom is -0.354 e. The van der Waals surface area contributed by atoms with Gasteiger partial charge in [0.05, 0.1) is 11.2 Å². The number of nitrogens with one attached hydrogen (secondary N) is 1. The SMILES string of the molecule is CCNc1ncc(Cl)c(Sc2cccc(F)c2)n1. The molecule has 0 aliphatic heterocycles. The number of hydrogen-bond acceptors (Lipinski definition) is 4. The van der Waals surface area contributed by atoms with E-state index in [0.717, 1.165) is 11.4 Å². The molecular weight excluding hydrogens is 273 g/mol. The molecule has 0 bridgehead atoms. The van der Waals surface area contributed by atoms with Crippen LogP contribution in [0.2, 0.25) is 5.02 Å². The normalized spacial score (nSPS) is 10.4. The zero-order chi connectivity index (χ0) is 13.0. The number of benzene rings is 1. The second-order valence-electron chi connectivity index (χ2n) is 3.44. The average molecular weight is 284 g/mol. The number of rotatable bonds is 4. The van der Waals surface area contributed by atoms with Gasteiger partial charge in [0.1, 0.15) is 10.8 Å². The monoisotopic (exact) mass is 283 g/mol. The summed E-state index contributed by atoms with van der Waals surface area (Å²) in [5, 5.41) is 4.06. The summed E-state index contributed by atoms with van der Waals surface area (Å²) in [5.41, 5.74) is 0. The molecule has 2 rings (SSSR count). The minimum atomic E-state index is -0.280. The Labute approximate surface area is 114 Å². The Kier molecular flexibility index (Phi) is 4.38. The summed E-state index contributed by atoms with van der Waals surface area (Å²) in [5.74, 6) is 0.234. The van der Waals surface area contributed by atoms with Gasteiger partial charge in [-0.05, 0) is 25.1 Å². The molecule has 1 N–H and O–H groups in total. The van der Waals surface area contributed by atoms with E-state index in [4.69, 9.17) is 11.6 Å². The molecule has 0 atom stereocenters. The maximum Gasteiger partial charge on any atom is 0.223 e. The molecule has 0 amide bonds. The number of nitrogens with zero attached hydrogens (tertiary/aromatic N) is 2. The Hall–Kier alpha value is -1.33. The van der Waals surface area contributed by atoms with Crippen LogP contribution in [0.4, 0.5) is 10.3 Å². The van der Waals surface area contributed by atoms with Crippen molar-refractivity contribution in [2.75, 3.05) is 11.9 Å². The number of aromatic nitrogens is 2. The van der Waals surface area contributed by atoms with E-state index < -0.39 is 0 Å². The molecule has 3 nitrogen and oxygen atoms in total. The highest BCUT2D eigenvalue weighted by atomic mass is 35.5. The highest BCUT2D eigenvalue weighted by molar-refractivity contribution is 7.99. The van der Waals surface area contributed by atoms with Crippen molar-refractivity contribution in [1.29, 1.82) is 0 Å². The van der Waals surface area contributed by atoms with Crippen molar-refractivity contribution in [2.24, 2.45) is 0 Å². The average Bonchev–Trinajstić information content (AvgIpc) is 2.34. The van der Waals surface area contributed by atoms with E-state index in [1.54, 1.807) is 12.1 Å². The number of hydrogen-bond donors (Lipinski definition) is 1. The molecule has 0 aliphatic rings. The van der Waals surface area contributed by atoms with Gasteiger partial charge in [-0.1, -0.05) is 29.4 Å². The van der Waals surface area contributed by atoms with E-state index >= 15 is 0 Å². The minimum absolute atomic E-state index is 0.280. The first kappa shape index (κ1) is 13.1. The standard InChI is InChI=1S/C12H11ClFN3S/c1-2-15-12-16-7-10(13)11(17-12)18-9-5-3-4-8(14)6-9/h3-7H,2H2,1H3,(H,15,16,17). The topological polar surface area (TPSA) is 37.8 Å². The van der Waals surface area contributed by atoms with Gasteiger partial charge in [0.15, 0.2) is 0 Å². The molecule has 94 valence electrons. The molecule has 1 aromatic carbocycles. The second-order valence-corrected chi connectivity index (χ2v) is 4.91. The fraction of sp³-hybridized carbons (Fsp3) is 0.167. The summed E-state index contributed by atoms with van der Waals surface area (Å²) in [6, 6.07) is 6.29. The molecule has 1 aromatic heterocycles. The maximum absolute atomic E-state index is 13.1. The van der Waals surface area contributed by atoms with Crippen molar-refractivity contribution in [3.63, 3.8) is 0 Å². The Morgan fingerprint density at radius 3 is 3.00 bits per heavy atom. The summed E-state index contributed by atoms with van der Waals surface area (Å²) in [7, 11) is 0. The smallest absolute Gasteiger partial charge is 0.223 e. The quantitative estimate of drug-likeness (QED) is 0.865. The first-order chi connectivity index (χ1) is 8.69. The van der Waals surface area contributed by atoms with Gasteiger partial charge in [0.2, 0.25) is 5.95 Å². The first-order valence-electron chi connectivity index (χ1n) is 5.39. The van der Waals surface area contributed by atoms with Crippen molar-refractivity contribution in [2.45, 2.75) is 16.8 Å². The molecule has 6 heteroatoms. The van der Waals surface area contributed by atoms with Gasteiger partial charge in [-0.2, -0.15) is 0 Å². The number of anilines is 1. The van der Waals surface area contributed by atoms with Crippen LogP contribution in [0.25, 0.3) is 0 Å². The van der Waals surface area contributed by atoms with E-state index in [1.807, 2.05) is 6.92 Å². The van der Waals surface area contributed by atoms with Crippen LogP contribution < -0.4 is 5.32 Å². The highest BCUT2D eigenvalue weighted by Gasteiger charge is 2.07. The molecular formula is C12H11ClFN3S. The lowest BCUT2D eigenvalue weighted by atomic mass is 10.4.